The zero-order valence-electron chi connectivity index (χ0n) is 13.7. The number of aromatic nitrogens is 2. The molecule has 0 aliphatic carbocycles. The molecule has 0 aromatic carbocycles. The molecule has 0 saturated carbocycles. The van der Waals surface area contributed by atoms with Crippen molar-refractivity contribution in [3.63, 3.8) is 0 Å². The van der Waals surface area contributed by atoms with Crippen molar-refractivity contribution in [2.45, 2.75) is 25.9 Å². The van der Waals surface area contributed by atoms with E-state index in [0.29, 0.717) is 0 Å². The van der Waals surface area contributed by atoms with Crippen LogP contribution in [0.25, 0.3) is 5.65 Å². The Morgan fingerprint density at radius 1 is 1.22 bits per heavy atom. The van der Waals surface area contributed by atoms with Crippen molar-refractivity contribution in [2.24, 2.45) is 0 Å². The quantitative estimate of drug-likeness (QED) is 0.923. The number of likely N-dealkylation sites (tertiary alicyclic amines) is 1. The second-order valence-corrected chi connectivity index (χ2v) is 6.65. The minimum Gasteiger partial charge on any atom is -0.314 e. The monoisotopic (exact) mass is 335 g/mol. The Hall–Kier alpha value is -1.14. The number of rotatable bonds is 3. The Morgan fingerprint density at radius 3 is 2.87 bits per heavy atom. The molecule has 6 heteroatoms. The van der Waals surface area contributed by atoms with Crippen LogP contribution in [0.1, 0.15) is 17.7 Å². The van der Waals surface area contributed by atoms with Gasteiger partial charge in [0, 0.05) is 58.1 Å². The second kappa shape index (κ2) is 7.18. The first-order chi connectivity index (χ1) is 10.8. The van der Waals surface area contributed by atoms with E-state index in [9.17, 15) is 0 Å². The van der Waals surface area contributed by atoms with Crippen molar-refractivity contribution in [3.8, 4) is 0 Å². The summed E-state index contributed by atoms with van der Waals surface area (Å²) in [7, 11) is 0. The van der Waals surface area contributed by atoms with Crippen LogP contribution in [0.5, 0.6) is 0 Å². The molecule has 0 bridgehead atoms. The summed E-state index contributed by atoms with van der Waals surface area (Å²) in [5.41, 5.74) is 3.64. The summed E-state index contributed by atoms with van der Waals surface area (Å²) in [5.74, 6) is 0. The Balaban J connectivity index is 0.00000156. The normalized spacial score (nSPS) is 23.3. The maximum atomic E-state index is 4.53. The minimum atomic E-state index is 0. The van der Waals surface area contributed by atoms with Crippen LogP contribution in [0.2, 0.25) is 0 Å². The molecule has 2 saturated heterocycles. The third-order valence-electron chi connectivity index (χ3n) is 5.03. The van der Waals surface area contributed by atoms with Crippen LogP contribution < -0.4 is 5.32 Å². The maximum Gasteiger partial charge on any atom is 0.136 e. The van der Waals surface area contributed by atoms with Crippen LogP contribution >= 0.6 is 12.4 Å². The van der Waals surface area contributed by atoms with Crippen LogP contribution in [0.4, 0.5) is 0 Å². The van der Waals surface area contributed by atoms with Gasteiger partial charge in [-0.1, -0.05) is 6.07 Å². The lowest BCUT2D eigenvalue weighted by Gasteiger charge is -2.32. The molecule has 5 nitrogen and oxygen atoms in total. The molecule has 1 unspecified atom stereocenters. The highest BCUT2D eigenvalue weighted by Crippen LogP contribution is 2.19. The van der Waals surface area contributed by atoms with E-state index in [1.807, 2.05) is 6.20 Å². The Bertz CT molecular complexity index is 649. The van der Waals surface area contributed by atoms with Crippen molar-refractivity contribution in [3.05, 3.63) is 35.8 Å². The van der Waals surface area contributed by atoms with Gasteiger partial charge < -0.3 is 9.72 Å². The van der Waals surface area contributed by atoms with E-state index in [0.717, 1.165) is 31.3 Å². The van der Waals surface area contributed by atoms with Crippen LogP contribution in [-0.2, 0) is 6.54 Å². The van der Waals surface area contributed by atoms with Gasteiger partial charge in [-0.2, -0.15) is 0 Å². The summed E-state index contributed by atoms with van der Waals surface area (Å²) in [6.07, 6.45) is 5.53. The van der Waals surface area contributed by atoms with E-state index < -0.39 is 0 Å². The first-order valence-electron chi connectivity index (χ1n) is 8.39. The number of hydrogen-bond donors (Lipinski definition) is 1. The average molecular weight is 336 g/mol. The number of pyridine rings is 1. The molecule has 0 spiro atoms. The molecule has 2 aromatic rings. The zero-order valence-corrected chi connectivity index (χ0v) is 14.6. The Morgan fingerprint density at radius 2 is 2.04 bits per heavy atom. The summed E-state index contributed by atoms with van der Waals surface area (Å²) >= 11 is 0. The SMILES string of the molecule is Cc1ccc2ncc(CN3CCC(N4CCNCC4)C3)n2c1.Cl. The van der Waals surface area contributed by atoms with Gasteiger partial charge in [0.2, 0.25) is 0 Å². The van der Waals surface area contributed by atoms with E-state index in [-0.39, 0.29) is 12.4 Å². The lowest BCUT2D eigenvalue weighted by Crippen LogP contribution is -2.49. The summed E-state index contributed by atoms with van der Waals surface area (Å²) in [6.45, 7) is 10.2. The second-order valence-electron chi connectivity index (χ2n) is 6.65. The molecular formula is C17H26ClN5. The van der Waals surface area contributed by atoms with Gasteiger partial charge in [-0.05, 0) is 25.0 Å². The number of nitrogens with zero attached hydrogens (tertiary/aromatic N) is 4. The van der Waals surface area contributed by atoms with Gasteiger partial charge in [0.1, 0.15) is 5.65 Å². The fourth-order valence-corrected chi connectivity index (χ4v) is 3.78. The zero-order chi connectivity index (χ0) is 14.9. The third kappa shape index (κ3) is 3.53. The van der Waals surface area contributed by atoms with Crippen LogP contribution in [0, 0.1) is 6.92 Å². The highest BCUT2D eigenvalue weighted by molar-refractivity contribution is 5.85. The molecule has 1 atom stereocenters. The van der Waals surface area contributed by atoms with E-state index >= 15 is 0 Å². The van der Waals surface area contributed by atoms with Gasteiger partial charge in [-0.15, -0.1) is 12.4 Å². The van der Waals surface area contributed by atoms with Gasteiger partial charge in [-0.25, -0.2) is 4.98 Å². The van der Waals surface area contributed by atoms with Gasteiger partial charge in [0.05, 0.1) is 11.9 Å². The average Bonchev–Trinajstić information content (AvgIpc) is 3.16. The number of nitrogens with one attached hydrogen (secondary N) is 1. The lowest BCUT2D eigenvalue weighted by molar-refractivity contribution is 0.170. The summed E-state index contributed by atoms with van der Waals surface area (Å²) < 4.78 is 2.24. The standard InChI is InChI=1S/C17H25N5.ClH/c1-14-2-3-17-19-10-16(22(17)11-14)13-20-7-4-15(12-20)21-8-5-18-6-9-21;/h2-3,10-11,15,18H,4-9,12-13H2,1H3;1H. The first kappa shape index (κ1) is 16.7. The highest BCUT2D eigenvalue weighted by atomic mass is 35.5. The van der Waals surface area contributed by atoms with E-state index in [4.69, 9.17) is 0 Å². The lowest BCUT2D eigenvalue weighted by atomic mass is 10.2. The van der Waals surface area contributed by atoms with Gasteiger partial charge in [-0.3, -0.25) is 9.80 Å². The van der Waals surface area contributed by atoms with E-state index in [1.54, 1.807) is 0 Å². The fraction of sp³-hybridized carbons (Fsp3) is 0.588. The Kier molecular flexibility index (Phi) is 5.21. The number of piperazine rings is 1. The van der Waals surface area contributed by atoms with Gasteiger partial charge in [0.15, 0.2) is 0 Å². The van der Waals surface area contributed by atoms with E-state index in [1.165, 1.54) is 43.9 Å². The highest BCUT2D eigenvalue weighted by Gasteiger charge is 2.28. The summed E-state index contributed by atoms with van der Waals surface area (Å²) in [6, 6.07) is 4.97. The Labute approximate surface area is 144 Å². The minimum absolute atomic E-state index is 0. The van der Waals surface area contributed by atoms with Crippen molar-refractivity contribution in [1.82, 2.24) is 24.5 Å². The van der Waals surface area contributed by atoms with Crippen LogP contribution in [-0.4, -0.2) is 64.5 Å². The number of imidazole rings is 1. The van der Waals surface area contributed by atoms with Crippen molar-refractivity contribution < 1.29 is 0 Å². The number of fused-ring (bicyclic) bond motifs is 1. The van der Waals surface area contributed by atoms with Crippen LogP contribution in [0.3, 0.4) is 0 Å². The molecule has 4 rings (SSSR count). The molecule has 2 aliphatic rings. The molecule has 2 fully saturated rings. The number of hydrogen-bond acceptors (Lipinski definition) is 4. The van der Waals surface area contributed by atoms with Gasteiger partial charge in [0.25, 0.3) is 0 Å². The third-order valence-corrected chi connectivity index (χ3v) is 5.03. The molecule has 126 valence electrons. The maximum absolute atomic E-state index is 4.53. The predicted molar refractivity (Wildman–Crippen MR) is 95.3 cm³/mol. The van der Waals surface area contributed by atoms with Crippen molar-refractivity contribution in [1.29, 1.82) is 0 Å². The molecular weight excluding hydrogens is 310 g/mol. The predicted octanol–water partition coefficient (Wildman–Crippen LogP) is 1.54. The summed E-state index contributed by atoms with van der Waals surface area (Å²) in [5, 5.41) is 3.44. The molecule has 2 aliphatic heterocycles. The molecule has 2 aromatic heterocycles. The first-order valence-corrected chi connectivity index (χ1v) is 8.39. The molecule has 0 amide bonds. The number of aryl methyl sites for hydroxylation is 1. The number of halogens is 1. The summed E-state index contributed by atoms with van der Waals surface area (Å²) in [4.78, 5) is 9.77. The van der Waals surface area contributed by atoms with Gasteiger partial charge >= 0.3 is 0 Å². The topological polar surface area (TPSA) is 35.8 Å². The molecule has 23 heavy (non-hydrogen) atoms. The fourth-order valence-electron chi connectivity index (χ4n) is 3.78. The van der Waals surface area contributed by atoms with Crippen molar-refractivity contribution in [2.75, 3.05) is 39.3 Å². The molecule has 1 N–H and O–H groups in total. The molecule has 0 radical (unpaired) electrons. The van der Waals surface area contributed by atoms with Crippen LogP contribution in [0.15, 0.2) is 24.5 Å². The van der Waals surface area contributed by atoms with Crippen molar-refractivity contribution >= 4 is 18.1 Å². The van der Waals surface area contributed by atoms with E-state index in [2.05, 4.69) is 49.8 Å². The smallest absolute Gasteiger partial charge is 0.136 e. The largest absolute Gasteiger partial charge is 0.314 e. The molecule has 4 heterocycles.